The predicted octanol–water partition coefficient (Wildman–Crippen LogP) is 4.84. The minimum Gasteiger partial charge on any atom is -0.399 e. The molecule has 2 rings (SSSR count). The zero-order valence-electron chi connectivity index (χ0n) is 9.55. The number of anilines is 3. The summed E-state index contributed by atoms with van der Waals surface area (Å²) in [4.78, 5) is 0. The average molecular weight is 313 g/mol. The van der Waals surface area contributed by atoms with E-state index in [1.165, 1.54) is 0 Å². The first kappa shape index (κ1) is 13.8. The maximum atomic E-state index is 8.78. The van der Waals surface area contributed by atoms with E-state index in [1.807, 2.05) is 6.07 Å². The van der Waals surface area contributed by atoms with Gasteiger partial charge in [0, 0.05) is 5.69 Å². The van der Waals surface area contributed by atoms with E-state index in [4.69, 9.17) is 45.8 Å². The number of rotatable bonds is 2. The molecule has 0 fully saturated rings. The molecule has 2 aromatic carbocycles. The number of hydrogen-bond donors (Lipinski definition) is 2. The summed E-state index contributed by atoms with van der Waals surface area (Å²) < 4.78 is 0. The van der Waals surface area contributed by atoms with Gasteiger partial charge < -0.3 is 11.1 Å². The highest BCUT2D eigenvalue weighted by atomic mass is 35.5. The molecule has 96 valence electrons. The van der Waals surface area contributed by atoms with Crippen molar-refractivity contribution in [3.05, 3.63) is 51.0 Å². The van der Waals surface area contributed by atoms with Gasteiger partial charge in [-0.3, -0.25) is 0 Å². The minimum atomic E-state index is 0.394. The molecule has 6 heteroatoms. The van der Waals surface area contributed by atoms with E-state index in [0.717, 1.165) is 0 Å². The Kier molecular flexibility index (Phi) is 4.06. The van der Waals surface area contributed by atoms with Crippen LogP contribution in [0.2, 0.25) is 15.1 Å². The Labute approximate surface area is 125 Å². The van der Waals surface area contributed by atoms with Crippen molar-refractivity contribution >= 4 is 51.9 Å². The normalized spacial score (nSPS) is 10.0. The van der Waals surface area contributed by atoms with Gasteiger partial charge in [-0.25, -0.2) is 0 Å². The lowest BCUT2D eigenvalue weighted by atomic mass is 10.2. The van der Waals surface area contributed by atoms with Crippen LogP contribution in [0.4, 0.5) is 17.1 Å². The predicted molar refractivity (Wildman–Crippen MR) is 80.3 cm³/mol. The summed E-state index contributed by atoms with van der Waals surface area (Å²) in [5, 5.41) is 13.0. The van der Waals surface area contributed by atoms with E-state index in [2.05, 4.69) is 5.32 Å². The second kappa shape index (κ2) is 5.58. The molecule has 0 spiro atoms. The molecule has 19 heavy (non-hydrogen) atoms. The molecule has 0 aliphatic carbocycles. The van der Waals surface area contributed by atoms with Crippen molar-refractivity contribution in [1.29, 1.82) is 5.26 Å². The standard InChI is InChI=1S/C13H8Cl3N3/c14-9-3-7(6-17)1-2-12(9)19-13-10(15)4-8(18)5-11(13)16/h1-5,19H,18H2. The van der Waals surface area contributed by atoms with Gasteiger partial charge in [0.05, 0.1) is 38.1 Å². The molecule has 3 N–H and O–H groups in total. The third-order valence-corrected chi connectivity index (χ3v) is 3.33. The highest BCUT2D eigenvalue weighted by Gasteiger charge is 2.10. The topological polar surface area (TPSA) is 61.8 Å². The van der Waals surface area contributed by atoms with Gasteiger partial charge in [-0.2, -0.15) is 5.26 Å². The number of nitrogen functional groups attached to an aromatic ring is 1. The second-order valence-electron chi connectivity index (χ2n) is 3.79. The molecular weight excluding hydrogens is 305 g/mol. The van der Waals surface area contributed by atoms with Crippen LogP contribution in [0.3, 0.4) is 0 Å². The molecular formula is C13H8Cl3N3. The van der Waals surface area contributed by atoms with Crippen LogP contribution in [-0.2, 0) is 0 Å². The number of nitriles is 1. The van der Waals surface area contributed by atoms with Crippen molar-refractivity contribution in [3.8, 4) is 6.07 Å². The van der Waals surface area contributed by atoms with Gasteiger partial charge >= 0.3 is 0 Å². The number of nitrogens with one attached hydrogen (secondary N) is 1. The molecule has 0 saturated heterocycles. The van der Waals surface area contributed by atoms with Gasteiger partial charge in [0.25, 0.3) is 0 Å². The summed E-state index contributed by atoms with van der Waals surface area (Å²) in [5.41, 5.74) is 7.71. The van der Waals surface area contributed by atoms with Crippen LogP contribution in [0.1, 0.15) is 5.56 Å². The van der Waals surface area contributed by atoms with Crippen LogP contribution in [0.25, 0.3) is 0 Å². The Morgan fingerprint density at radius 3 is 2.16 bits per heavy atom. The van der Waals surface area contributed by atoms with Crippen molar-refractivity contribution in [2.45, 2.75) is 0 Å². The van der Waals surface area contributed by atoms with Crippen LogP contribution in [0.5, 0.6) is 0 Å². The largest absolute Gasteiger partial charge is 0.399 e. The summed E-state index contributed by atoms with van der Waals surface area (Å²) in [6, 6.07) is 10.1. The fourth-order valence-corrected chi connectivity index (χ4v) is 2.36. The smallest absolute Gasteiger partial charge is 0.0992 e. The Bertz CT molecular complexity index is 654. The fraction of sp³-hybridized carbons (Fsp3) is 0. The van der Waals surface area contributed by atoms with Gasteiger partial charge in [-0.05, 0) is 30.3 Å². The summed E-state index contributed by atoms with van der Waals surface area (Å²) >= 11 is 18.2. The molecule has 0 bridgehead atoms. The Hall–Kier alpha value is -1.60. The summed E-state index contributed by atoms with van der Waals surface area (Å²) in [6.45, 7) is 0. The maximum absolute atomic E-state index is 8.78. The fourth-order valence-electron chi connectivity index (χ4n) is 1.53. The summed E-state index contributed by atoms with van der Waals surface area (Å²) in [5.74, 6) is 0. The van der Waals surface area contributed by atoms with Crippen molar-refractivity contribution in [3.63, 3.8) is 0 Å². The van der Waals surface area contributed by atoms with Gasteiger partial charge in [-0.1, -0.05) is 34.8 Å². The van der Waals surface area contributed by atoms with Crippen LogP contribution < -0.4 is 11.1 Å². The third kappa shape index (κ3) is 3.05. The Morgan fingerprint density at radius 1 is 1.00 bits per heavy atom. The Balaban J connectivity index is 2.40. The average Bonchev–Trinajstić information content (AvgIpc) is 2.35. The van der Waals surface area contributed by atoms with E-state index in [1.54, 1.807) is 30.3 Å². The van der Waals surface area contributed by atoms with Crippen molar-refractivity contribution in [1.82, 2.24) is 0 Å². The molecule has 0 unspecified atom stereocenters. The van der Waals surface area contributed by atoms with E-state index in [9.17, 15) is 0 Å². The minimum absolute atomic E-state index is 0.394. The number of nitrogens with two attached hydrogens (primary N) is 1. The molecule has 0 heterocycles. The monoisotopic (exact) mass is 311 g/mol. The highest BCUT2D eigenvalue weighted by molar-refractivity contribution is 6.40. The zero-order chi connectivity index (χ0) is 14.0. The van der Waals surface area contributed by atoms with Gasteiger partial charge in [-0.15, -0.1) is 0 Å². The van der Waals surface area contributed by atoms with Crippen LogP contribution >= 0.6 is 34.8 Å². The zero-order valence-corrected chi connectivity index (χ0v) is 11.8. The summed E-state index contributed by atoms with van der Waals surface area (Å²) in [6.07, 6.45) is 0. The van der Waals surface area contributed by atoms with Gasteiger partial charge in [0.1, 0.15) is 0 Å². The lowest BCUT2D eigenvalue weighted by Gasteiger charge is -2.12. The number of halogens is 3. The first-order valence-electron chi connectivity index (χ1n) is 5.22. The van der Waals surface area contributed by atoms with Gasteiger partial charge in [0.15, 0.2) is 0 Å². The molecule has 0 aromatic heterocycles. The molecule has 3 nitrogen and oxygen atoms in total. The van der Waals surface area contributed by atoms with Crippen LogP contribution in [0, 0.1) is 11.3 Å². The summed E-state index contributed by atoms with van der Waals surface area (Å²) in [7, 11) is 0. The van der Waals surface area contributed by atoms with Crippen molar-refractivity contribution in [2.24, 2.45) is 0 Å². The van der Waals surface area contributed by atoms with E-state index in [0.29, 0.717) is 37.7 Å². The van der Waals surface area contributed by atoms with E-state index < -0.39 is 0 Å². The molecule has 0 amide bonds. The van der Waals surface area contributed by atoms with E-state index >= 15 is 0 Å². The molecule has 0 saturated carbocycles. The number of benzene rings is 2. The first-order valence-corrected chi connectivity index (χ1v) is 6.36. The van der Waals surface area contributed by atoms with Crippen LogP contribution in [0.15, 0.2) is 30.3 Å². The number of nitrogens with zero attached hydrogens (tertiary/aromatic N) is 1. The molecule has 0 aliphatic heterocycles. The van der Waals surface area contributed by atoms with E-state index in [-0.39, 0.29) is 0 Å². The molecule has 0 atom stereocenters. The quantitative estimate of drug-likeness (QED) is 0.780. The van der Waals surface area contributed by atoms with Crippen molar-refractivity contribution < 1.29 is 0 Å². The number of hydrogen-bond acceptors (Lipinski definition) is 3. The van der Waals surface area contributed by atoms with Crippen molar-refractivity contribution in [2.75, 3.05) is 11.1 Å². The third-order valence-electron chi connectivity index (χ3n) is 2.42. The maximum Gasteiger partial charge on any atom is 0.0992 e. The molecule has 0 aliphatic rings. The second-order valence-corrected chi connectivity index (χ2v) is 5.01. The Morgan fingerprint density at radius 2 is 1.63 bits per heavy atom. The first-order chi connectivity index (χ1) is 9.01. The molecule has 2 aromatic rings. The lowest BCUT2D eigenvalue weighted by Crippen LogP contribution is -1.95. The highest BCUT2D eigenvalue weighted by Crippen LogP contribution is 2.36. The van der Waals surface area contributed by atoms with Crippen LogP contribution in [-0.4, -0.2) is 0 Å². The lowest BCUT2D eigenvalue weighted by molar-refractivity contribution is 1.47. The molecule has 0 radical (unpaired) electrons. The SMILES string of the molecule is N#Cc1ccc(Nc2c(Cl)cc(N)cc2Cl)c(Cl)c1. The van der Waals surface area contributed by atoms with Gasteiger partial charge in [0.2, 0.25) is 0 Å².